The zero-order valence-corrected chi connectivity index (χ0v) is 23.9. The summed E-state index contributed by atoms with van der Waals surface area (Å²) in [6.07, 6.45) is -0.510. The van der Waals surface area contributed by atoms with E-state index in [1.165, 1.54) is 5.56 Å². The van der Waals surface area contributed by atoms with Gasteiger partial charge in [0.15, 0.2) is 0 Å². The number of ether oxygens (including phenoxy) is 1. The summed E-state index contributed by atoms with van der Waals surface area (Å²) in [4.78, 5) is 14.8. The molecular weight excluding hydrogens is 531 g/mol. The first-order chi connectivity index (χ1) is 19.4. The fourth-order valence-corrected chi connectivity index (χ4v) is 6.22. The van der Waals surface area contributed by atoms with Crippen molar-refractivity contribution in [2.75, 3.05) is 57.6 Å². The molecule has 3 atom stereocenters. The van der Waals surface area contributed by atoms with Gasteiger partial charge in [0.2, 0.25) is 0 Å². The summed E-state index contributed by atoms with van der Waals surface area (Å²) in [7, 11) is 3.15. The van der Waals surface area contributed by atoms with Gasteiger partial charge in [-0.25, -0.2) is 4.39 Å². The zero-order valence-electron chi connectivity index (χ0n) is 23.1. The smallest absolute Gasteiger partial charge is 0.251 e. The lowest BCUT2D eigenvalue weighted by molar-refractivity contribution is 0.0365. The van der Waals surface area contributed by atoms with E-state index in [0.717, 1.165) is 32.8 Å². The van der Waals surface area contributed by atoms with Gasteiger partial charge in [0.05, 0.1) is 53.4 Å². The lowest BCUT2D eigenvalue weighted by Crippen LogP contribution is -2.50. The van der Waals surface area contributed by atoms with Crippen molar-refractivity contribution in [2.24, 2.45) is 0 Å². The van der Waals surface area contributed by atoms with Gasteiger partial charge in [0, 0.05) is 32.2 Å². The van der Waals surface area contributed by atoms with E-state index in [1.807, 2.05) is 17.0 Å². The van der Waals surface area contributed by atoms with Crippen LogP contribution in [0.5, 0.6) is 5.75 Å². The third kappa shape index (κ3) is 6.85. The fourth-order valence-electron chi connectivity index (χ4n) is 4.97. The summed E-state index contributed by atoms with van der Waals surface area (Å²) in [5, 5.41) is 29.2. The summed E-state index contributed by atoms with van der Waals surface area (Å²) in [6, 6.07) is 11.0. The molecule has 0 spiro atoms. The van der Waals surface area contributed by atoms with Crippen LogP contribution < -0.4 is 20.7 Å². The minimum Gasteiger partial charge on any atom is -0.495 e. The number of aliphatic hydroxyl groups is 2. The number of fused-ring (bicyclic) bond motifs is 1. The Morgan fingerprint density at radius 3 is 2.83 bits per heavy atom. The Bertz CT molecular complexity index is 1390. The highest BCUT2D eigenvalue weighted by molar-refractivity contribution is 7.20. The molecule has 0 aliphatic carbocycles. The number of anilines is 2. The first-order valence-corrected chi connectivity index (χ1v) is 14.3. The number of amides is 1. The van der Waals surface area contributed by atoms with Crippen LogP contribution in [0.15, 0.2) is 36.4 Å². The van der Waals surface area contributed by atoms with Gasteiger partial charge in [0.25, 0.3) is 5.91 Å². The third-order valence-electron chi connectivity index (χ3n) is 7.08. The van der Waals surface area contributed by atoms with Gasteiger partial charge in [-0.1, -0.05) is 30.9 Å². The molecule has 1 aliphatic rings. The number of aliphatic hydroxyl groups excluding tert-OH is 2. The summed E-state index contributed by atoms with van der Waals surface area (Å²) in [5.41, 5.74) is 3.35. The summed E-state index contributed by atoms with van der Waals surface area (Å²) >= 11 is 1.61. The Morgan fingerprint density at radius 1 is 1.30 bits per heavy atom. The van der Waals surface area contributed by atoms with Crippen LogP contribution in [0.25, 0.3) is 10.1 Å². The van der Waals surface area contributed by atoms with Gasteiger partial charge < -0.3 is 30.9 Å². The molecule has 1 amide bonds. The predicted molar refractivity (Wildman–Crippen MR) is 159 cm³/mol. The van der Waals surface area contributed by atoms with Gasteiger partial charge in [-0.05, 0) is 48.1 Å². The number of carbonyl (C=O) groups excluding carboxylic acids is 1. The van der Waals surface area contributed by atoms with Crippen molar-refractivity contribution < 1.29 is 24.1 Å². The molecule has 2 aromatic carbocycles. The Morgan fingerprint density at radius 2 is 2.12 bits per heavy atom. The van der Waals surface area contributed by atoms with Crippen LogP contribution in [0.4, 0.5) is 15.8 Å². The highest BCUT2D eigenvalue weighted by Crippen LogP contribution is 2.37. The second-order valence-corrected chi connectivity index (χ2v) is 10.8. The number of likely N-dealkylation sites (tertiary alicyclic amines) is 1. The van der Waals surface area contributed by atoms with E-state index < -0.39 is 12.3 Å². The van der Waals surface area contributed by atoms with Gasteiger partial charge in [-0.2, -0.15) is 0 Å². The van der Waals surface area contributed by atoms with E-state index in [2.05, 4.69) is 40.8 Å². The van der Waals surface area contributed by atoms with Gasteiger partial charge in [-0.15, -0.1) is 11.3 Å². The number of halogens is 1. The molecule has 1 saturated heterocycles. The van der Waals surface area contributed by atoms with E-state index in [1.54, 1.807) is 43.7 Å². The molecular formula is C30H37FN4O4S. The minimum absolute atomic E-state index is 0.180. The van der Waals surface area contributed by atoms with Crippen molar-refractivity contribution in [1.29, 1.82) is 0 Å². The van der Waals surface area contributed by atoms with Crippen LogP contribution in [0.3, 0.4) is 0 Å². The second-order valence-electron chi connectivity index (χ2n) is 9.75. The second kappa shape index (κ2) is 13.8. The highest BCUT2D eigenvalue weighted by Gasteiger charge is 2.30. The number of benzene rings is 2. The van der Waals surface area contributed by atoms with E-state index in [9.17, 15) is 9.90 Å². The molecule has 10 heteroatoms. The fraction of sp³-hybridized carbons (Fsp3) is 0.433. The lowest BCUT2D eigenvalue weighted by atomic mass is 10.0. The normalized spacial score (nSPS) is 18.1. The van der Waals surface area contributed by atoms with Crippen LogP contribution in [0.1, 0.15) is 34.1 Å². The Balaban J connectivity index is 1.47. The molecule has 0 saturated carbocycles. The molecule has 8 nitrogen and oxygen atoms in total. The van der Waals surface area contributed by atoms with Crippen LogP contribution in [0.2, 0.25) is 0 Å². The summed E-state index contributed by atoms with van der Waals surface area (Å²) in [6.45, 7) is 3.33. The van der Waals surface area contributed by atoms with Crippen LogP contribution in [0, 0.1) is 11.8 Å². The van der Waals surface area contributed by atoms with E-state index in [0.29, 0.717) is 30.8 Å². The zero-order chi connectivity index (χ0) is 28.6. The molecule has 0 radical (unpaired) electrons. The van der Waals surface area contributed by atoms with Crippen LogP contribution >= 0.6 is 11.3 Å². The Kier molecular flexibility index (Phi) is 10.2. The Labute approximate surface area is 238 Å². The molecule has 4 rings (SSSR count). The third-order valence-corrected chi connectivity index (χ3v) is 8.27. The number of aryl methyl sites for hydroxylation is 1. The van der Waals surface area contributed by atoms with Crippen molar-refractivity contribution in [3.63, 3.8) is 0 Å². The van der Waals surface area contributed by atoms with Crippen LogP contribution in [-0.4, -0.2) is 86.3 Å². The number of hydrogen-bond acceptors (Lipinski definition) is 8. The maximum Gasteiger partial charge on any atom is 0.251 e. The van der Waals surface area contributed by atoms with Crippen LogP contribution in [-0.2, 0) is 6.42 Å². The topological polar surface area (TPSA) is 106 Å². The van der Waals surface area contributed by atoms with Crippen molar-refractivity contribution in [1.82, 2.24) is 10.2 Å². The molecule has 2 heterocycles. The van der Waals surface area contributed by atoms with Crippen molar-refractivity contribution in [2.45, 2.75) is 38.1 Å². The number of alkyl halides is 1. The van der Waals surface area contributed by atoms with Crippen molar-refractivity contribution >= 4 is 38.7 Å². The number of piperidine rings is 1. The molecule has 0 bridgehead atoms. The molecule has 40 heavy (non-hydrogen) atoms. The van der Waals surface area contributed by atoms with Gasteiger partial charge in [0.1, 0.15) is 11.9 Å². The molecule has 1 aromatic heterocycles. The van der Waals surface area contributed by atoms with E-state index in [-0.39, 0.29) is 31.6 Å². The van der Waals surface area contributed by atoms with Crippen molar-refractivity contribution in [3.8, 4) is 17.6 Å². The molecule has 1 aliphatic heterocycles. The first kappa shape index (κ1) is 29.6. The van der Waals surface area contributed by atoms with E-state index >= 15 is 4.39 Å². The maximum atomic E-state index is 15.1. The predicted octanol–water partition coefficient (Wildman–Crippen LogP) is 3.47. The number of nitrogens with one attached hydrogen (secondary N) is 3. The number of β-amino-alcohol motifs (C(OH)–C–C–N with tert-alkyl or cyclic N) is 1. The maximum absolute atomic E-state index is 15.1. The summed E-state index contributed by atoms with van der Waals surface area (Å²) < 4.78 is 21.6. The average molecular weight is 569 g/mol. The van der Waals surface area contributed by atoms with Gasteiger partial charge >= 0.3 is 0 Å². The van der Waals surface area contributed by atoms with Crippen molar-refractivity contribution in [3.05, 3.63) is 52.4 Å². The largest absolute Gasteiger partial charge is 0.495 e. The quantitative estimate of drug-likeness (QED) is 0.239. The minimum atomic E-state index is -1.09. The first-order valence-electron chi connectivity index (χ1n) is 13.5. The SMILES string of the molecule is CCc1c(C#CCNc2ccc(C(=O)NC)cc2OC)sc2c(NC3CCN(CC(O)CO)CC3F)cccc12. The Hall–Kier alpha value is -3.36. The number of rotatable bonds is 10. The molecule has 214 valence electrons. The molecule has 5 N–H and O–H groups in total. The number of methoxy groups -OCH3 is 1. The van der Waals surface area contributed by atoms with E-state index in [4.69, 9.17) is 9.84 Å². The molecule has 3 aromatic rings. The highest BCUT2D eigenvalue weighted by atomic mass is 32.1. The molecule has 1 fully saturated rings. The number of hydrogen-bond donors (Lipinski definition) is 5. The monoisotopic (exact) mass is 568 g/mol. The van der Waals surface area contributed by atoms with Gasteiger partial charge in [-0.3, -0.25) is 9.69 Å². The number of carbonyl (C=O) groups is 1. The molecule has 3 unspecified atom stereocenters. The summed E-state index contributed by atoms with van der Waals surface area (Å²) in [5.74, 6) is 6.91. The number of thiophene rings is 1. The number of nitrogens with zero attached hydrogens (tertiary/aromatic N) is 1. The average Bonchev–Trinajstić information content (AvgIpc) is 3.34. The standard InChI is InChI=1S/C30H37FN4O4S/c1-4-21-22-7-5-8-26(34-24-12-14-35(17-23(24)31)16-20(37)18-36)29(22)40-28(21)9-6-13-33-25-11-10-19(30(38)32-2)15-27(25)39-3/h5,7-8,10-11,15,20,23-24,33-34,36-37H,4,12-14,16-18H2,1-3H3,(H,32,38). The lowest BCUT2D eigenvalue weighted by Gasteiger charge is -2.36.